The first-order chi connectivity index (χ1) is 13.8. The number of fused-ring (bicyclic) bond motifs is 2. The minimum Gasteiger partial charge on any atom is -0.506 e. The molecule has 1 aliphatic heterocycles. The second kappa shape index (κ2) is 6.89. The Morgan fingerprint density at radius 2 is 1.97 bits per heavy atom. The van der Waals surface area contributed by atoms with E-state index < -0.39 is 21.3 Å². The molecule has 1 aromatic carbocycles. The maximum atomic E-state index is 13.2. The molecule has 0 saturated carbocycles. The van der Waals surface area contributed by atoms with Crippen LogP contribution in [0.2, 0.25) is 0 Å². The van der Waals surface area contributed by atoms with Crippen LogP contribution in [0, 0.1) is 5.92 Å². The number of benzene rings is 1. The number of anilines is 1. The Hall–Kier alpha value is -3.40. The molecule has 3 heterocycles. The van der Waals surface area contributed by atoms with Gasteiger partial charge in [0.15, 0.2) is 11.5 Å². The number of pyridine rings is 2. The number of aromatic nitrogens is 2. The van der Waals surface area contributed by atoms with E-state index in [9.17, 15) is 18.3 Å². The summed E-state index contributed by atoms with van der Waals surface area (Å²) < 4.78 is 29.8. The molecule has 0 amide bonds. The molecule has 0 aliphatic carbocycles. The highest BCUT2D eigenvalue weighted by Crippen LogP contribution is 2.31. The van der Waals surface area contributed by atoms with Gasteiger partial charge in [-0.15, -0.1) is 9.13 Å². The summed E-state index contributed by atoms with van der Waals surface area (Å²) in [4.78, 5) is 22.9. The van der Waals surface area contributed by atoms with Crippen molar-refractivity contribution >= 4 is 32.6 Å². The van der Waals surface area contributed by atoms with Gasteiger partial charge >= 0.3 is 0 Å². The fraction of sp³-hybridized carbons (Fsp3) is 0.211. The number of hydrogen-bond donors (Lipinski definition) is 2. The Morgan fingerprint density at radius 3 is 2.72 bits per heavy atom. The molecule has 150 valence electrons. The van der Waals surface area contributed by atoms with Gasteiger partial charge in [0.05, 0.1) is 11.1 Å². The zero-order valence-electron chi connectivity index (χ0n) is 15.7. The van der Waals surface area contributed by atoms with Crippen molar-refractivity contribution in [2.24, 2.45) is 10.3 Å². The Balaban J connectivity index is 1.98. The molecule has 0 saturated heterocycles. The molecule has 4 rings (SSSR count). The Kier molecular flexibility index (Phi) is 4.50. The quantitative estimate of drug-likeness (QED) is 0.667. The second-order valence-electron chi connectivity index (χ2n) is 6.92. The van der Waals surface area contributed by atoms with Crippen LogP contribution in [0.25, 0.3) is 11.0 Å². The normalized spacial score (nSPS) is 14.9. The summed E-state index contributed by atoms with van der Waals surface area (Å²) in [7, 11) is -4.05. The van der Waals surface area contributed by atoms with Crippen LogP contribution in [-0.4, -0.2) is 35.7 Å². The lowest BCUT2D eigenvalue weighted by molar-refractivity contribution is 0.0891. The van der Waals surface area contributed by atoms with Crippen LogP contribution >= 0.6 is 0 Å². The van der Waals surface area contributed by atoms with Crippen molar-refractivity contribution in [3.8, 4) is 5.75 Å². The van der Waals surface area contributed by atoms with Gasteiger partial charge in [-0.3, -0.25) is 4.79 Å². The molecule has 0 atom stereocenters. The summed E-state index contributed by atoms with van der Waals surface area (Å²) in [6.45, 7) is 4.05. The zero-order valence-corrected chi connectivity index (χ0v) is 16.5. The van der Waals surface area contributed by atoms with Crippen molar-refractivity contribution in [1.82, 2.24) is 9.71 Å². The average molecular weight is 414 g/mol. The van der Waals surface area contributed by atoms with Gasteiger partial charge < -0.3 is 15.3 Å². The Morgan fingerprint density at radius 1 is 1.21 bits per heavy atom. The van der Waals surface area contributed by atoms with Crippen LogP contribution < -0.4 is 15.7 Å². The first-order valence-electron chi connectivity index (χ1n) is 8.87. The Labute approximate surface area is 166 Å². The lowest BCUT2D eigenvalue weighted by atomic mass is 10.1. The summed E-state index contributed by atoms with van der Waals surface area (Å²) in [5.41, 5.74) is -0.696. The van der Waals surface area contributed by atoms with Crippen molar-refractivity contribution in [3.63, 3.8) is 0 Å². The zero-order chi connectivity index (χ0) is 20.8. The van der Waals surface area contributed by atoms with E-state index in [1.807, 2.05) is 13.8 Å². The highest BCUT2D eigenvalue weighted by molar-refractivity contribution is 7.90. The minimum atomic E-state index is -4.05. The van der Waals surface area contributed by atoms with Crippen LogP contribution in [0.15, 0.2) is 56.7 Å². The molecule has 29 heavy (non-hydrogen) atoms. The lowest BCUT2D eigenvalue weighted by Gasteiger charge is -2.20. The molecule has 0 radical (unpaired) electrons. The predicted molar refractivity (Wildman–Crippen MR) is 108 cm³/mol. The number of rotatable bonds is 4. The SMILES string of the molecule is CC(C)COn1c(=O)c(C2=NS(=O)(=O)c3ccccc3N2)c(O)c2cccnc21. The van der Waals surface area contributed by atoms with Gasteiger partial charge in [-0.1, -0.05) is 26.0 Å². The maximum Gasteiger partial charge on any atom is 0.299 e. The summed E-state index contributed by atoms with van der Waals surface area (Å²) in [5.74, 6) is -0.586. The van der Waals surface area contributed by atoms with Crippen molar-refractivity contribution in [3.05, 3.63) is 58.5 Å². The fourth-order valence-electron chi connectivity index (χ4n) is 2.96. The number of nitrogens with one attached hydrogen (secondary N) is 1. The molecular weight excluding hydrogens is 396 g/mol. The molecule has 9 nitrogen and oxygen atoms in total. The minimum absolute atomic E-state index is 0.0120. The van der Waals surface area contributed by atoms with E-state index in [0.29, 0.717) is 0 Å². The van der Waals surface area contributed by atoms with Gasteiger partial charge in [0, 0.05) is 6.20 Å². The van der Waals surface area contributed by atoms with Gasteiger partial charge in [-0.2, -0.15) is 8.42 Å². The molecule has 10 heteroatoms. The average Bonchev–Trinajstić information content (AvgIpc) is 2.67. The third-order valence-corrected chi connectivity index (χ3v) is 5.61. The Bertz CT molecular complexity index is 1310. The number of hydrogen-bond acceptors (Lipinski definition) is 7. The molecule has 0 bridgehead atoms. The van der Waals surface area contributed by atoms with E-state index in [4.69, 9.17) is 4.84 Å². The summed E-state index contributed by atoms with van der Waals surface area (Å²) in [6.07, 6.45) is 1.47. The molecule has 0 fully saturated rings. The van der Waals surface area contributed by atoms with E-state index in [1.54, 1.807) is 30.3 Å². The maximum absolute atomic E-state index is 13.2. The largest absolute Gasteiger partial charge is 0.506 e. The van der Waals surface area contributed by atoms with Crippen molar-refractivity contribution in [2.75, 3.05) is 11.9 Å². The number of para-hydroxylation sites is 1. The fourth-order valence-corrected chi connectivity index (χ4v) is 4.08. The molecule has 3 aromatic rings. The smallest absolute Gasteiger partial charge is 0.299 e. The van der Waals surface area contributed by atoms with E-state index in [-0.39, 0.29) is 45.5 Å². The third-order valence-electron chi connectivity index (χ3n) is 4.27. The molecule has 1 aliphatic rings. The first-order valence-corrected chi connectivity index (χ1v) is 10.3. The van der Waals surface area contributed by atoms with E-state index >= 15 is 0 Å². The van der Waals surface area contributed by atoms with E-state index in [2.05, 4.69) is 14.7 Å². The number of amidine groups is 1. The summed E-state index contributed by atoms with van der Waals surface area (Å²) in [6, 6.07) is 9.33. The van der Waals surface area contributed by atoms with Crippen LogP contribution in [0.5, 0.6) is 5.75 Å². The topological polar surface area (TPSA) is 123 Å². The lowest BCUT2D eigenvalue weighted by Crippen LogP contribution is -2.36. The van der Waals surface area contributed by atoms with Gasteiger partial charge in [0.25, 0.3) is 15.6 Å². The third kappa shape index (κ3) is 3.21. The number of aromatic hydroxyl groups is 1. The molecule has 0 unspecified atom stereocenters. The van der Waals surface area contributed by atoms with Gasteiger partial charge in [-0.25, -0.2) is 4.98 Å². The first kappa shape index (κ1) is 18.9. The van der Waals surface area contributed by atoms with Crippen molar-refractivity contribution in [1.29, 1.82) is 0 Å². The molecular formula is C19H18N4O5S. The van der Waals surface area contributed by atoms with Crippen LogP contribution in [0.1, 0.15) is 19.4 Å². The van der Waals surface area contributed by atoms with Gasteiger partial charge in [0.2, 0.25) is 0 Å². The van der Waals surface area contributed by atoms with E-state index in [1.165, 1.54) is 12.3 Å². The van der Waals surface area contributed by atoms with Gasteiger partial charge in [-0.05, 0) is 30.2 Å². The highest BCUT2D eigenvalue weighted by atomic mass is 32.2. The summed E-state index contributed by atoms with van der Waals surface area (Å²) in [5, 5.41) is 13.8. The van der Waals surface area contributed by atoms with Crippen LogP contribution in [-0.2, 0) is 10.0 Å². The van der Waals surface area contributed by atoms with Gasteiger partial charge in [0.1, 0.15) is 22.8 Å². The number of sulfonamides is 1. The second-order valence-corrected chi connectivity index (χ2v) is 8.50. The van der Waals surface area contributed by atoms with Crippen LogP contribution in [0.3, 0.4) is 0 Å². The molecule has 2 aromatic heterocycles. The van der Waals surface area contributed by atoms with E-state index in [0.717, 1.165) is 4.73 Å². The molecule has 0 spiro atoms. The highest BCUT2D eigenvalue weighted by Gasteiger charge is 2.30. The van der Waals surface area contributed by atoms with Crippen molar-refractivity contribution in [2.45, 2.75) is 18.7 Å². The molecule has 2 N–H and O–H groups in total. The monoisotopic (exact) mass is 414 g/mol. The standard InChI is InChI=1S/C19H18N4O5S/c1-11(2)10-28-23-18-12(6-5-9-20-18)16(24)15(19(23)25)17-21-13-7-3-4-8-14(13)29(26,27)22-17/h3-9,11,24H,10H2,1-2H3,(H,21,22). The number of nitrogens with zero attached hydrogens (tertiary/aromatic N) is 3. The summed E-state index contributed by atoms with van der Waals surface area (Å²) >= 11 is 0. The van der Waals surface area contributed by atoms with Crippen LogP contribution in [0.4, 0.5) is 5.69 Å². The predicted octanol–water partition coefficient (Wildman–Crippen LogP) is 1.75. The van der Waals surface area contributed by atoms with Crippen molar-refractivity contribution < 1.29 is 18.4 Å².